The average molecular weight is 372 g/mol. The molecule has 0 spiro atoms. The molecule has 0 radical (unpaired) electrons. The van der Waals surface area contributed by atoms with E-state index in [1.807, 2.05) is 0 Å². The summed E-state index contributed by atoms with van der Waals surface area (Å²) in [6.07, 6.45) is -0.727. The van der Waals surface area contributed by atoms with Gasteiger partial charge in [-0.2, -0.15) is 0 Å². The highest BCUT2D eigenvalue weighted by Crippen LogP contribution is 2.18. The van der Waals surface area contributed by atoms with Gasteiger partial charge in [-0.3, -0.25) is 15.0 Å². The molecule has 3 aromatic rings. The summed E-state index contributed by atoms with van der Waals surface area (Å²) >= 11 is 1.36. The SMILES string of the molecule is Cc1nc2sccc2c(=O)n1NC(=O)C1CC(c2cccc(F)c2)=NO1. The molecule has 0 fully saturated rings. The van der Waals surface area contributed by atoms with E-state index >= 15 is 0 Å². The second-order valence-corrected chi connectivity index (χ2v) is 6.66. The Bertz CT molecular complexity index is 1100. The van der Waals surface area contributed by atoms with Crippen LogP contribution in [0.3, 0.4) is 0 Å². The molecular formula is C17H13FN4O3S. The Balaban J connectivity index is 1.53. The Kier molecular flexibility index (Phi) is 4.00. The van der Waals surface area contributed by atoms with Gasteiger partial charge < -0.3 is 4.84 Å². The van der Waals surface area contributed by atoms with Crippen LogP contribution in [-0.2, 0) is 9.63 Å². The van der Waals surface area contributed by atoms with Crippen LogP contribution in [0.2, 0.25) is 0 Å². The summed E-state index contributed by atoms with van der Waals surface area (Å²) in [5.74, 6) is -0.556. The Labute approximate surface area is 150 Å². The molecule has 0 saturated heterocycles. The number of aryl methyl sites for hydroxylation is 1. The highest BCUT2D eigenvalue weighted by atomic mass is 32.1. The Hall–Kier alpha value is -3.07. The van der Waals surface area contributed by atoms with Gasteiger partial charge in [-0.25, -0.2) is 14.1 Å². The van der Waals surface area contributed by atoms with Crippen molar-refractivity contribution in [2.24, 2.45) is 5.16 Å². The number of amides is 1. The van der Waals surface area contributed by atoms with Gasteiger partial charge in [0.25, 0.3) is 11.5 Å². The number of carbonyl (C=O) groups is 1. The summed E-state index contributed by atoms with van der Waals surface area (Å²) in [4.78, 5) is 35.0. The van der Waals surface area contributed by atoms with Crippen molar-refractivity contribution >= 4 is 33.2 Å². The minimum absolute atomic E-state index is 0.178. The molecular weight excluding hydrogens is 359 g/mol. The fraction of sp³-hybridized carbons (Fsp3) is 0.176. The van der Waals surface area contributed by atoms with Crippen LogP contribution in [0.15, 0.2) is 45.7 Å². The first-order chi connectivity index (χ1) is 12.5. The van der Waals surface area contributed by atoms with E-state index in [0.29, 0.717) is 27.3 Å². The molecule has 1 amide bonds. The van der Waals surface area contributed by atoms with Crippen LogP contribution in [0.4, 0.5) is 4.39 Å². The number of nitrogens with one attached hydrogen (secondary N) is 1. The first kappa shape index (κ1) is 16.4. The molecule has 0 saturated carbocycles. The zero-order chi connectivity index (χ0) is 18.3. The number of fused-ring (bicyclic) bond motifs is 1. The Morgan fingerprint density at radius 1 is 1.42 bits per heavy atom. The third-order valence-corrected chi connectivity index (χ3v) is 4.81. The van der Waals surface area contributed by atoms with E-state index in [1.54, 1.807) is 30.5 Å². The molecule has 26 heavy (non-hydrogen) atoms. The van der Waals surface area contributed by atoms with Gasteiger partial charge in [-0.1, -0.05) is 17.3 Å². The van der Waals surface area contributed by atoms with Crippen molar-refractivity contribution in [1.82, 2.24) is 9.66 Å². The molecule has 1 N–H and O–H groups in total. The number of rotatable bonds is 3. The molecule has 1 atom stereocenters. The Morgan fingerprint density at radius 2 is 2.27 bits per heavy atom. The highest BCUT2D eigenvalue weighted by Gasteiger charge is 2.30. The summed E-state index contributed by atoms with van der Waals surface area (Å²) < 4.78 is 14.4. The van der Waals surface area contributed by atoms with E-state index in [4.69, 9.17) is 4.84 Å². The van der Waals surface area contributed by atoms with E-state index in [9.17, 15) is 14.0 Å². The lowest BCUT2D eigenvalue weighted by Crippen LogP contribution is -2.40. The predicted octanol–water partition coefficient (Wildman–Crippen LogP) is 2.17. The van der Waals surface area contributed by atoms with Crippen molar-refractivity contribution in [3.05, 3.63) is 63.3 Å². The van der Waals surface area contributed by atoms with Gasteiger partial charge >= 0.3 is 0 Å². The number of hydrogen-bond acceptors (Lipinski definition) is 6. The van der Waals surface area contributed by atoms with Gasteiger partial charge in [-0.15, -0.1) is 11.3 Å². The van der Waals surface area contributed by atoms with Crippen LogP contribution < -0.4 is 11.0 Å². The monoisotopic (exact) mass is 372 g/mol. The maximum atomic E-state index is 13.3. The van der Waals surface area contributed by atoms with Crippen molar-refractivity contribution in [1.29, 1.82) is 0 Å². The number of carbonyl (C=O) groups excluding carboxylic acids is 1. The van der Waals surface area contributed by atoms with Crippen LogP contribution >= 0.6 is 11.3 Å². The second-order valence-electron chi connectivity index (χ2n) is 5.76. The van der Waals surface area contributed by atoms with Crippen molar-refractivity contribution in [2.45, 2.75) is 19.4 Å². The number of thiophene rings is 1. The van der Waals surface area contributed by atoms with Gasteiger partial charge in [0.2, 0.25) is 6.10 Å². The fourth-order valence-corrected chi connectivity index (χ4v) is 3.49. The van der Waals surface area contributed by atoms with E-state index in [2.05, 4.69) is 15.6 Å². The maximum Gasteiger partial charge on any atom is 0.283 e. The van der Waals surface area contributed by atoms with E-state index in [-0.39, 0.29) is 12.0 Å². The zero-order valence-corrected chi connectivity index (χ0v) is 14.4. The standard InChI is InChI=1S/C17H13FN4O3S/c1-9-19-16-12(5-6-26-16)17(24)22(9)20-15(23)14-8-13(21-25-14)10-3-2-4-11(18)7-10/h2-7,14H,8H2,1H3,(H,20,23). The topological polar surface area (TPSA) is 85.6 Å². The molecule has 2 aromatic heterocycles. The minimum Gasteiger partial charge on any atom is -0.382 e. The number of aromatic nitrogens is 2. The van der Waals surface area contributed by atoms with Crippen molar-refractivity contribution < 1.29 is 14.0 Å². The number of nitrogens with zero attached hydrogens (tertiary/aromatic N) is 3. The van der Waals surface area contributed by atoms with Gasteiger partial charge in [0, 0.05) is 12.0 Å². The number of hydrogen-bond donors (Lipinski definition) is 1. The van der Waals surface area contributed by atoms with Gasteiger partial charge in [0.15, 0.2) is 0 Å². The molecule has 1 aromatic carbocycles. The smallest absolute Gasteiger partial charge is 0.283 e. The second kappa shape index (κ2) is 6.34. The largest absolute Gasteiger partial charge is 0.382 e. The summed E-state index contributed by atoms with van der Waals surface area (Å²) in [6, 6.07) is 7.56. The Morgan fingerprint density at radius 3 is 3.08 bits per heavy atom. The molecule has 7 nitrogen and oxygen atoms in total. The van der Waals surface area contributed by atoms with Gasteiger partial charge in [0.05, 0.1) is 11.1 Å². The van der Waals surface area contributed by atoms with Gasteiger partial charge in [0.1, 0.15) is 16.5 Å². The maximum absolute atomic E-state index is 13.3. The van der Waals surface area contributed by atoms with Crippen LogP contribution in [-0.4, -0.2) is 27.4 Å². The summed E-state index contributed by atoms with van der Waals surface area (Å²) in [7, 11) is 0. The first-order valence-corrected chi connectivity index (χ1v) is 8.67. The lowest BCUT2D eigenvalue weighted by atomic mass is 10.0. The lowest BCUT2D eigenvalue weighted by molar-refractivity contribution is -0.126. The number of benzene rings is 1. The molecule has 1 aliphatic heterocycles. The number of oxime groups is 1. The normalized spacial score (nSPS) is 16.4. The third kappa shape index (κ3) is 2.86. The molecule has 1 unspecified atom stereocenters. The quantitative estimate of drug-likeness (QED) is 0.764. The van der Waals surface area contributed by atoms with Crippen molar-refractivity contribution in [2.75, 3.05) is 5.43 Å². The van der Waals surface area contributed by atoms with E-state index in [0.717, 1.165) is 4.68 Å². The molecule has 132 valence electrons. The summed E-state index contributed by atoms with van der Waals surface area (Å²) in [6.45, 7) is 1.63. The summed E-state index contributed by atoms with van der Waals surface area (Å²) in [5.41, 5.74) is 3.19. The van der Waals surface area contributed by atoms with Crippen LogP contribution in [0.1, 0.15) is 17.8 Å². The molecule has 9 heteroatoms. The molecule has 0 bridgehead atoms. The average Bonchev–Trinajstić information content (AvgIpc) is 3.27. The highest BCUT2D eigenvalue weighted by molar-refractivity contribution is 7.16. The van der Waals surface area contributed by atoms with E-state index < -0.39 is 17.8 Å². The molecule has 1 aliphatic rings. The van der Waals surface area contributed by atoms with Crippen LogP contribution in [0, 0.1) is 12.7 Å². The fourth-order valence-electron chi connectivity index (χ4n) is 2.69. The van der Waals surface area contributed by atoms with Crippen molar-refractivity contribution in [3.63, 3.8) is 0 Å². The number of halogens is 1. The van der Waals surface area contributed by atoms with Crippen LogP contribution in [0.5, 0.6) is 0 Å². The molecule has 3 heterocycles. The molecule has 4 rings (SSSR count). The third-order valence-electron chi connectivity index (χ3n) is 4.01. The van der Waals surface area contributed by atoms with Crippen molar-refractivity contribution in [3.8, 4) is 0 Å². The molecule has 0 aliphatic carbocycles. The minimum atomic E-state index is -0.905. The zero-order valence-electron chi connectivity index (χ0n) is 13.6. The van der Waals surface area contributed by atoms with E-state index in [1.165, 1.54) is 23.5 Å². The lowest BCUT2D eigenvalue weighted by Gasteiger charge is -2.13. The van der Waals surface area contributed by atoms with Gasteiger partial charge in [-0.05, 0) is 30.5 Å². The first-order valence-electron chi connectivity index (χ1n) is 7.79. The van der Waals surface area contributed by atoms with Crippen LogP contribution in [0.25, 0.3) is 10.2 Å². The predicted molar refractivity (Wildman–Crippen MR) is 95.4 cm³/mol. The summed E-state index contributed by atoms with van der Waals surface area (Å²) in [5, 5.41) is 6.07.